The molecule has 5 aromatic rings. The summed E-state index contributed by atoms with van der Waals surface area (Å²) >= 11 is 6.38. The maximum Gasteiger partial charge on any atom is 0.178 e. The third-order valence-electron chi connectivity index (χ3n) is 5.30. The molecule has 3 aromatic carbocycles. The van der Waals surface area contributed by atoms with Gasteiger partial charge in [-0.3, -0.25) is 0 Å². The quantitative estimate of drug-likeness (QED) is 0.271. The van der Waals surface area contributed by atoms with Crippen molar-refractivity contribution in [1.29, 1.82) is 0 Å². The van der Waals surface area contributed by atoms with E-state index in [2.05, 4.69) is 9.97 Å². The molecule has 0 unspecified atom stereocenters. The lowest BCUT2D eigenvalue weighted by Gasteiger charge is -2.14. The third-order valence-corrected chi connectivity index (χ3v) is 5.63. The second kappa shape index (κ2) is 9.57. The maximum atomic E-state index is 6.38. The average molecular weight is 470 g/mol. The summed E-state index contributed by atoms with van der Waals surface area (Å²) in [6, 6.07) is 25.6. The highest BCUT2D eigenvalue weighted by atomic mass is 35.5. The van der Waals surface area contributed by atoms with Crippen LogP contribution >= 0.6 is 11.6 Å². The Kier molecular flexibility index (Phi) is 6.19. The number of pyridine rings is 1. The van der Waals surface area contributed by atoms with Crippen LogP contribution in [0.15, 0.2) is 85.1 Å². The number of nitrogens with zero attached hydrogens (tertiary/aromatic N) is 2. The lowest BCUT2D eigenvalue weighted by molar-refractivity contribution is 0.239. The van der Waals surface area contributed by atoms with Crippen molar-refractivity contribution in [2.24, 2.45) is 0 Å². The monoisotopic (exact) mass is 469 g/mol. The number of hydrogen-bond donors (Lipinski definition) is 1. The molecule has 5 nitrogen and oxygen atoms in total. The number of H-pyrrole nitrogens is 1. The highest BCUT2D eigenvalue weighted by Crippen LogP contribution is 2.32. The first-order chi connectivity index (χ1) is 16.5. The third kappa shape index (κ3) is 4.90. The minimum Gasteiger partial charge on any atom is -0.491 e. The Morgan fingerprint density at radius 2 is 1.65 bits per heavy atom. The first-order valence-corrected chi connectivity index (χ1v) is 11.5. The van der Waals surface area contributed by atoms with Crippen molar-refractivity contribution in [3.63, 3.8) is 0 Å². The Bertz CT molecular complexity index is 1430. The van der Waals surface area contributed by atoms with Crippen molar-refractivity contribution in [2.45, 2.75) is 26.6 Å². The summed E-state index contributed by atoms with van der Waals surface area (Å²) in [6.07, 6.45) is 1.83. The van der Waals surface area contributed by atoms with Gasteiger partial charge in [0.1, 0.15) is 23.9 Å². The highest BCUT2D eigenvalue weighted by Gasteiger charge is 2.13. The standard InChI is InChI=1S/C28H24ClN3O2/c1-18(2)34-23-13-20(12-22(15-23)33-17-19-8-4-3-5-9-19)27-31-26-14-21(16-30-28(26)32-27)24-10-6-7-11-25(24)29/h3-16,18H,17H2,1-2H3,(H,30,31,32). The molecule has 0 aliphatic heterocycles. The second-order valence-electron chi connectivity index (χ2n) is 8.29. The zero-order valence-electron chi connectivity index (χ0n) is 19.0. The van der Waals surface area contributed by atoms with Crippen LogP contribution in [0.2, 0.25) is 5.02 Å². The topological polar surface area (TPSA) is 60.0 Å². The zero-order valence-corrected chi connectivity index (χ0v) is 19.7. The number of halogens is 1. The van der Waals surface area contributed by atoms with Gasteiger partial charge in [-0.25, -0.2) is 9.97 Å². The van der Waals surface area contributed by atoms with E-state index in [1.54, 1.807) is 6.20 Å². The summed E-state index contributed by atoms with van der Waals surface area (Å²) in [7, 11) is 0. The average Bonchev–Trinajstić information content (AvgIpc) is 3.27. The first-order valence-electron chi connectivity index (χ1n) is 11.1. The van der Waals surface area contributed by atoms with Crippen LogP contribution in [0.5, 0.6) is 11.5 Å². The van der Waals surface area contributed by atoms with Gasteiger partial charge in [0.05, 0.1) is 11.6 Å². The predicted molar refractivity (Wildman–Crippen MR) is 136 cm³/mol. The fourth-order valence-electron chi connectivity index (χ4n) is 3.75. The van der Waals surface area contributed by atoms with Crippen molar-refractivity contribution in [3.05, 3.63) is 95.6 Å². The molecule has 0 bridgehead atoms. The number of ether oxygens (including phenoxy) is 2. The van der Waals surface area contributed by atoms with Gasteiger partial charge in [-0.05, 0) is 43.7 Å². The molecule has 0 fully saturated rings. The molecule has 0 spiro atoms. The van der Waals surface area contributed by atoms with Crippen LogP contribution in [0, 0.1) is 0 Å². The van der Waals surface area contributed by atoms with E-state index in [0.717, 1.165) is 33.5 Å². The number of nitrogens with one attached hydrogen (secondary N) is 1. The van der Waals surface area contributed by atoms with Crippen molar-refractivity contribution < 1.29 is 9.47 Å². The van der Waals surface area contributed by atoms with Crippen molar-refractivity contribution in [3.8, 4) is 34.0 Å². The van der Waals surface area contributed by atoms with Crippen LogP contribution in [0.1, 0.15) is 19.4 Å². The van der Waals surface area contributed by atoms with E-state index in [-0.39, 0.29) is 6.10 Å². The number of fused-ring (bicyclic) bond motifs is 1. The number of rotatable bonds is 7. The molecule has 5 rings (SSSR count). The van der Waals surface area contributed by atoms with Gasteiger partial charge in [0.2, 0.25) is 0 Å². The minimum absolute atomic E-state index is 0.0349. The Morgan fingerprint density at radius 3 is 2.44 bits per heavy atom. The Morgan fingerprint density at radius 1 is 0.882 bits per heavy atom. The van der Waals surface area contributed by atoms with Gasteiger partial charge < -0.3 is 14.5 Å². The normalized spacial score (nSPS) is 11.2. The van der Waals surface area contributed by atoms with E-state index in [4.69, 9.17) is 26.1 Å². The molecule has 6 heteroatoms. The minimum atomic E-state index is 0.0349. The van der Waals surface area contributed by atoms with Gasteiger partial charge in [-0.2, -0.15) is 0 Å². The van der Waals surface area contributed by atoms with Gasteiger partial charge in [-0.15, -0.1) is 0 Å². The SMILES string of the molecule is CC(C)Oc1cc(OCc2ccccc2)cc(-c2nc3ncc(-c4ccccc4Cl)cc3[nH]2)c1. The van der Waals surface area contributed by atoms with Crippen LogP contribution in [0.3, 0.4) is 0 Å². The van der Waals surface area contributed by atoms with E-state index in [1.165, 1.54) is 0 Å². The summed E-state index contributed by atoms with van der Waals surface area (Å²) in [5, 5.41) is 0.683. The lowest BCUT2D eigenvalue weighted by atomic mass is 10.1. The number of aromatic nitrogens is 3. The molecule has 0 amide bonds. The van der Waals surface area contributed by atoms with Gasteiger partial charge in [0.25, 0.3) is 0 Å². The van der Waals surface area contributed by atoms with Crippen LogP contribution in [-0.2, 0) is 6.61 Å². The number of hydrogen-bond acceptors (Lipinski definition) is 4. The van der Waals surface area contributed by atoms with Gasteiger partial charge in [-0.1, -0.05) is 60.1 Å². The highest BCUT2D eigenvalue weighted by molar-refractivity contribution is 6.33. The van der Waals surface area contributed by atoms with Gasteiger partial charge >= 0.3 is 0 Å². The van der Waals surface area contributed by atoms with Gasteiger partial charge in [0, 0.05) is 34.0 Å². The van der Waals surface area contributed by atoms with E-state index in [9.17, 15) is 0 Å². The van der Waals surface area contributed by atoms with E-state index < -0.39 is 0 Å². The summed E-state index contributed by atoms with van der Waals surface area (Å²) in [4.78, 5) is 12.7. The maximum absolute atomic E-state index is 6.38. The molecule has 0 aliphatic rings. The zero-order chi connectivity index (χ0) is 23.5. The van der Waals surface area contributed by atoms with E-state index in [1.807, 2.05) is 92.7 Å². The van der Waals surface area contributed by atoms with Crippen LogP contribution in [-0.4, -0.2) is 21.1 Å². The molecule has 0 radical (unpaired) electrons. The molecule has 0 atom stereocenters. The Labute approximate surface area is 203 Å². The fourth-order valence-corrected chi connectivity index (χ4v) is 4.00. The van der Waals surface area contributed by atoms with Crippen LogP contribution < -0.4 is 9.47 Å². The molecule has 34 heavy (non-hydrogen) atoms. The van der Waals surface area contributed by atoms with Crippen molar-refractivity contribution >= 4 is 22.8 Å². The number of aromatic amines is 1. The van der Waals surface area contributed by atoms with E-state index in [0.29, 0.717) is 28.9 Å². The number of benzene rings is 3. The molecular weight excluding hydrogens is 446 g/mol. The Balaban J connectivity index is 1.49. The summed E-state index contributed by atoms with van der Waals surface area (Å²) in [5.74, 6) is 2.13. The molecule has 0 aliphatic carbocycles. The van der Waals surface area contributed by atoms with Crippen molar-refractivity contribution in [2.75, 3.05) is 0 Å². The molecular formula is C28H24ClN3O2. The van der Waals surface area contributed by atoms with Crippen LogP contribution in [0.4, 0.5) is 0 Å². The first kappa shape index (κ1) is 22.0. The fraction of sp³-hybridized carbons (Fsp3) is 0.143. The van der Waals surface area contributed by atoms with Gasteiger partial charge in [0.15, 0.2) is 5.65 Å². The largest absolute Gasteiger partial charge is 0.491 e. The molecule has 1 N–H and O–H groups in total. The molecule has 0 saturated heterocycles. The molecule has 2 heterocycles. The summed E-state index contributed by atoms with van der Waals surface area (Å²) < 4.78 is 12.1. The second-order valence-corrected chi connectivity index (χ2v) is 8.70. The van der Waals surface area contributed by atoms with Crippen molar-refractivity contribution in [1.82, 2.24) is 15.0 Å². The molecule has 0 saturated carbocycles. The summed E-state index contributed by atoms with van der Waals surface area (Å²) in [6.45, 7) is 4.46. The Hall–Kier alpha value is -3.83. The molecule has 170 valence electrons. The predicted octanol–water partition coefficient (Wildman–Crippen LogP) is 7.31. The number of imidazole rings is 1. The smallest absolute Gasteiger partial charge is 0.178 e. The molecule has 2 aromatic heterocycles. The van der Waals surface area contributed by atoms with E-state index >= 15 is 0 Å². The van der Waals surface area contributed by atoms with Crippen LogP contribution in [0.25, 0.3) is 33.7 Å². The summed E-state index contributed by atoms with van der Waals surface area (Å²) in [5.41, 5.74) is 5.27. The lowest BCUT2D eigenvalue weighted by Crippen LogP contribution is -2.06.